The first-order valence-electron chi connectivity index (χ1n) is 14.7. The van der Waals surface area contributed by atoms with Crippen LogP contribution in [-0.2, 0) is 37.8 Å². The highest BCUT2D eigenvalue weighted by Gasteiger charge is 2.46. The van der Waals surface area contributed by atoms with Crippen molar-refractivity contribution >= 4 is 47.7 Å². The van der Waals surface area contributed by atoms with Gasteiger partial charge in [-0.3, -0.25) is 0 Å². The van der Waals surface area contributed by atoms with Gasteiger partial charge in [0.1, 0.15) is 6.73 Å². The molecule has 2 fully saturated rings. The van der Waals surface area contributed by atoms with Crippen molar-refractivity contribution in [1.29, 1.82) is 0 Å². The molecule has 7 nitrogen and oxygen atoms in total. The van der Waals surface area contributed by atoms with Crippen molar-refractivity contribution in [1.82, 2.24) is 14.7 Å². The van der Waals surface area contributed by atoms with Crippen LogP contribution in [0.4, 0.5) is 18.0 Å². The third kappa shape index (κ3) is 7.39. The molecule has 2 aromatic carbocycles. The van der Waals surface area contributed by atoms with Gasteiger partial charge < -0.3 is 19.5 Å². The number of halogens is 4. The van der Waals surface area contributed by atoms with Gasteiger partial charge in [0, 0.05) is 44.1 Å². The average Bonchev–Trinajstić information content (AvgIpc) is 3.57. The third-order valence-electron chi connectivity index (χ3n) is 8.59. The van der Waals surface area contributed by atoms with Crippen LogP contribution < -0.4 is 0 Å². The molecule has 0 bridgehead atoms. The summed E-state index contributed by atoms with van der Waals surface area (Å²) in [6.07, 6.45) is -2.60. The molecule has 1 aliphatic carbocycles. The van der Waals surface area contributed by atoms with E-state index in [0.717, 1.165) is 36.2 Å². The number of benzene rings is 2. The van der Waals surface area contributed by atoms with Crippen molar-refractivity contribution in [3.63, 3.8) is 0 Å². The number of carboxylic acid groups (broad SMARTS) is 1. The lowest BCUT2D eigenvalue weighted by molar-refractivity contribution is -0.137. The maximum absolute atomic E-state index is 14.2. The van der Waals surface area contributed by atoms with Gasteiger partial charge in [0.2, 0.25) is 0 Å². The van der Waals surface area contributed by atoms with Gasteiger partial charge in [-0.15, -0.1) is 0 Å². The molecule has 2 heterocycles. The van der Waals surface area contributed by atoms with Crippen molar-refractivity contribution in [3.05, 3.63) is 64.8 Å². The smallest absolute Gasteiger partial charge is 0.416 e. The van der Waals surface area contributed by atoms with E-state index in [-0.39, 0.29) is 23.4 Å². The molecular formula is C31H39F3IN3O4Si. The lowest BCUT2D eigenvalue weighted by atomic mass is 9.73. The summed E-state index contributed by atoms with van der Waals surface area (Å²) in [5, 5.41) is 14.8. The van der Waals surface area contributed by atoms with Crippen molar-refractivity contribution in [3.8, 4) is 0 Å². The minimum absolute atomic E-state index is 0.0428. The van der Waals surface area contributed by atoms with Crippen molar-refractivity contribution < 1.29 is 32.5 Å². The lowest BCUT2D eigenvalue weighted by Gasteiger charge is -2.41. The second kappa shape index (κ2) is 12.3. The minimum Gasteiger partial charge on any atom is -0.465 e. The Bertz CT molecular complexity index is 1450. The Kier molecular flexibility index (Phi) is 9.24. The molecule has 1 saturated heterocycles. The topological polar surface area (TPSA) is 76.8 Å². The number of amides is 1. The molecule has 1 aromatic heterocycles. The van der Waals surface area contributed by atoms with Gasteiger partial charge in [0.25, 0.3) is 0 Å². The lowest BCUT2D eigenvalue weighted by Crippen LogP contribution is -2.47. The number of carbonyl (C=O) groups is 1. The minimum atomic E-state index is -4.52. The fourth-order valence-corrected chi connectivity index (χ4v) is 7.40. The van der Waals surface area contributed by atoms with Crippen LogP contribution >= 0.6 is 22.6 Å². The fraction of sp³-hybridized carbons (Fsp3) is 0.548. The van der Waals surface area contributed by atoms with Gasteiger partial charge >= 0.3 is 12.3 Å². The summed E-state index contributed by atoms with van der Waals surface area (Å²) in [7, 11) is -1.30. The van der Waals surface area contributed by atoms with Crippen molar-refractivity contribution in [2.45, 2.75) is 79.7 Å². The zero-order valence-electron chi connectivity index (χ0n) is 24.8. The molecule has 0 spiro atoms. The van der Waals surface area contributed by atoms with Crippen LogP contribution in [0.2, 0.25) is 25.7 Å². The van der Waals surface area contributed by atoms with E-state index in [1.165, 1.54) is 11.0 Å². The van der Waals surface area contributed by atoms with Gasteiger partial charge in [-0.05, 0) is 49.4 Å². The summed E-state index contributed by atoms with van der Waals surface area (Å²) in [5.74, 6) is 0. The number of likely N-dealkylation sites (tertiary alicyclic amines) is 1. The second-order valence-corrected chi connectivity index (χ2v) is 20.8. The van der Waals surface area contributed by atoms with E-state index in [0.29, 0.717) is 49.0 Å². The predicted octanol–water partition coefficient (Wildman–Crippen LogP) is 8.02. The van der Waals surface area contributed by atoms with Crippen LogP contribution in [0.15, 0.2) is 42.5 Å². The summed E-state index contributed by atoms with van der Waals surface area (Å²) in [6.45, 7) is 8.55. The number of alkyl halides is 4. The van der Waals surface area contributed by atoms with E-state index >= 15 is 0 Å². The summed E-state index contributed by atoms with van der Waals surface area (Å²) in [4.78, 5) is 13.0. The molecule has 1 saturated carbocycles. The number of fused-ring (bicyclic) bond motifs is 1. The Morgan fingerprint density at radius 1 is 1.07 bits per heavy atom. The molecule has 2 aliphatic rings. The second-order valence-electron chi connectivity index (χ2n) is 13.1. The predicted molar refractivity (Wildman–Crippen MR) is 170 cm³/mol. The fourth-order valence-electron chi connectivity index (χ4n) is 5.81. The average molecular weight is 730 g/mol. The highest BCUT2D eigenvalue weighted by Crippen LogP contribution is 2.56. The van der Waals surface area contributed by atoms with Crippen LogP contribution in [0.3, 0.4) is 0 Å². The van der Waals surface area contributed by atoms with Gasteiger partial charge in [-0.2, -0.15) is 18.3 Å². The molecule has 1 aliphatic heterocycles. The van der Waals surface area contributed by atoms with Gasteiger partial charge in [-0.25, -0.2) is 9.48 Å². The highest BCUT2D eigenvalue weighted by molar-refractivity contribution is 14.1. The van der Waals surface area contributed by atoms with Crippen LogP contribution in [0.25, 0.3) is 10.9 Å². The summed E-state index contributed by atoms with van der Waals surface area (Å²) < 4.78 is 56.2. The van der Waals surface area contributed by atoms with E-state index in [1.54, 1.807) is 4.68 Å². The number of hydrogen-bond acceptors (Lipinski definition) is 4. The maximum Gasteiger partial charge on any atom is 0.416 e. The first-order valence-corrected chi connectivity index (χ1v) is 19.5. The SMILES string of the molecule is C[Si](C)(C)CCOCn1nc2c(COCC3(c4ccccc4)CCN(C(=O)O)CC3)cc(C(F)(F)F)cc2c1C1(I)CC1. The van der Waals surface area contributed by atoms with E-state index in [9.17, 15) is 23.1 Å². The first-order chi connectivity index (χ1) is 20.2. The van der Waals surface area contributed by atoms with Crippen LogP contribution in [0, 0.1) is 0 Å². The molecule has 0 unspecified atom stereocenters. The molecule has 3 aromatic rings. The first kappa shape index (κ1) is 32.2. The summed E-state index contributed by atoms with van der Waals surface area (Å²) in [5.41, 5.74) is 1.56. The van der Waals surface area contributed by atoms with E-state index < -0.39 is 31.3 Å². The van der Waals surface area contributed by atoms with Gasteiger partial charge in [0.05, 0.1) is 33.4 Å². The van der Waals surface area contributed by atoms with E-state index in [2.05, 4.69) is 42.2 Å². The molecule has 12 heteroatoms. The van der Waals surface area contributed by atoms with Crippen molar-refractivity contribution in [2.75, 3.05) is 26.3 Å². The molecule has 43 heavy (non-hydrogen) atoms. The van der Waals surface area contributed by atoms with Crippen LogP contribution in [-0.4, -0.2) is 60.3 Å². The molecule has 0 radical (unpaired) electrons. The number of rotatable bonds is 11. The zero-order valence-corrected chi connectivity index (χ0v) is 28.0. The Balaban J connectivity index is 1.44. The molecule has 234 valence electrons. The molecule has 5 rings (SSSR count). The monoisotopic (exact) mass is 729 g/mol. The Morgan fingerprint density at radius 3 is 2.33 bits per heavy atom. The number of nitrogens with zero attached hydrogens (tertiary/aromatic N) is 3. The van der Waals surface area contributed by atoms with Crippen LogP contribution in [0.5, 0.6) is 0 Å². The van der Waals surface area contributed by atoms with E-state index in [1.807, 2.05) is 30.3 Å². The number of hydrogen-bond donors (Lipinski definition) is 1. The maximum atomic E-state index is 14.2. The summed E-state index contributed by atoms with van der Waals surface area (Å²) in [6, 6.07) is 13.2. The van der Waals surface area contributed by atoms with Gasteiger partial charge in [-0.1, -0.05) is 72.6 Å². The number of aromatic nitrogens is 2. The summed E-state index contributed by atoms with van der Waals surface area (Å²) >= 11 is 2.35. The Hall–Kier alpha value is -2.16. The highest BCUT2D eigenvalue weighted by atomic mass is 127. The Morgan fingerprint density at radius 2 is 1.74 bits per heavy atom. The molecule has 1 N–H and O–H groups in total. The quantitative estimate of drug-likeness (QED) is 0.0937. The molecule has 0 atom stereocenters. The van der Waals surface area contributed by atoms with Gasteiger partial charge in [0.15, 0.2) is 0 Å². The standard InChI is InChI=1S/C31H39F3IN3O4Si/c1-43(2,3)16-15-41-21-38-27(30(35)9-10-30)25-18-24(31(32,33)34)17-22(26(25)36-38)19-42-20-29(23-7-5-4-6-8-23)11-13-37(14-12-29)28(39)40/h4-8,17-18H,9-16,19-21H2,1-3H3,(H,39,40). The largest absolute Gasteiger partial charge is 0.465 e. The number of ether oxygens (including phenoxy) is 2. The molecular weight excluding hydrogens is 690 g/mol. The van der Waals surface area contributed by atoms with Crippen molar-refractivity contribution in [2.24, 2.45) is 0 Å². The van der Waals surface area contributed by atoms with Crippen LogP contribution in [0.1, 0.15) is 48.1 Å². The Labute approximate surface area is 264 Å². The zero-order chi connectivity index (χ0) is 31.0. The number of piperidine rings is 1. The normalized spacial score (nSPS) is 18.3. The van der Waals surface area contributed by atoms with E-state index in [4.69, 9.17) is 14.6 Å². The third-order valence-corrected chi connectivity index (χ3v) is 11.9. The molecule has 1 amide bonds.